The summed E-state index contributed by atoms with van der Waals surface area (Å²) in [7, 11) is -3.75. The van der Waals surface area contributed by atoms with Gasteiger partial charge in [-0.1, -0.05) is 29.5 Å². The maximum absolute atomic E-state index is 12.3. The van der Waals surface area contributed by atoms with Gasteiger partial charge in [0.25, 0.3) is 15.9 Å². The first-order chi connectivity index (χ1) is 11.9. The smallest absolute Gasteiger partial charge is 0.263 e. The second kappa shape index (κ2) is 6.99. The van der Waals surface area contributed by atoms with Crippen LogP contribution in [0.3, 0.4) is 0 Å². The summed E-state index contributed by atoms with van der Waals surface area (Å²) >= 11 is 1.15. The molecular formula is C16H14N4O3S2. The summed E-state index contributed by atoms with van der Waals surface area (Å²) in [5.41, 5.74) is 1.02. The number of carbonyl (C=O) groups excluding carboxylic acids is 1. The highest BCUT2D eigenvalue weighted by molar-refractivity contribution is 7.93. The van der Waals surface area contributed by atoms with E-state index in [1.54, 1.807) is 31.2 Å². The van der Waals surface area contributed by atoms with Crippen molar-refractivity contribution in [3.63, 3.8) is 0 Å². The molecule has 0 saturated carbocycles. The zero-order chi connectivity index (χ0) is 17.9. The Labute approximate surface area is 148 Å². The molecular weight excluding hydrogens is 360 g/mol. The van der Waals surface area contributed by atoms with Gasteiger partial charge in [-0.15, -0.1) is 10.2 Å². The average Bonchev–Trinajstić information content (AvgIpc) is 3.00. The molecule has 0 radical (unpaired) electrons. The van der Waals surface area contributed by atoms with E-state index in [-0.39, 0.29) is 15.9 Å². The van der Waals surface area contributed by atoms with Gasteiger partial charge in [0, 0.05) is 11.3 Å². The number of sulfonamides is 1. The van der Waals surface area contributed by atoms with Crippen molar-refractivity contribution in [1.82, 2.24) is 10.2 Å². The zero-order valence-electron chi connectivity index (χ0n) is 13.1. The topological polar surface area (TPSA) is 101 Å². The van der Waals surface area contributed by atoms with Gasteiger partial charge in [-0.2, -0.15) is 0 Å². The molecule has 3 aromatic rings. The SMILES string of the molecule is Cc1nnc(NS(=O)(=O)c2ccc(NC(=O)c3ccccc3)cc2)s1. The van der Waals surface area contributed by atoms with Crippen LogP contribution in [0.2, 0.25) is 0 Å². The average molecular weight is 374 g/mol. The van der Waals surface area contributed by atoms with Crippen LogP contribution >= 0.6 is 11.3 Å². The third kappa shape index (κ3) is 4.20. The molecule has 0 aliphatic heterocycles. The standard InChI is InChI=1S/C16H14N4O3S2/c1-11-18-19-16(24-11)20-25(22,23)14-9-7-13(8-10-14)17-15(21)12-5-3-2-4-6-12/h2-10H,1H3,(H,17,21)(H,19,20). The minimum Gasteiger partial charge on any atom is -0.322 e. The maximum Gasteiger partial charge on any atom is 0.263 e. The normalized spacial score (nSPS) is 11.1. The van der Waals surface area contributed by atoms with Crippen molar-refractivity contribution in [3.8, 4) is 0 Å². The lowest BCUT2D eigenvalue weighted by molar-refractivity contribution is 0.102. The molecule has 7 nitrogen and oxygen atoms in total. The Balaban J connectivity index is 1.72. The van der Waals surface area contributed by atoms with Crippen LogP contribution in [0, 0.1) is 6.92 Å². The lowest BCUT2D eigenvalue weighted by Gasteiger charge is -2.08. The van der Waals surface area contributed by atoms with Crippen molar-refractivity contribution in [2.45, 2.75) is 11.8 Å². The molecule has 0 unspecified atom stereocenters. The predicted molar refractivity (Wildman–Crippen MR) is 96.3 cm³/mol. The summed E-state index contributed by atoms with van der Waals surface area (Å²) in [6.07, 6.45) is 0. The Bertz CT molecular complexity index is 984. The van der Waals surface area contributed by atoms with Crippen LogP contribution in [0.4, 0.5) is 10.8 Å². The number of aryl methyl sites for hydroxylation is 1. The minimum absolute atomic E-state index is 0.0677. The monoisotopic (exact) mass is 374 g/mol. The van der Waals surface area contributed by atoms with Crippen molar-refractivity contribution >= 4 is 38.1 Å². The van der Waals surface area contributed by atoms with Gasteiger partial charge >= 0.3 is 0 Å². The van der Waals surface area contributed by atoms with E-state index < -0.39 is 10.0 Å². The van der Waals surface area contributed by atoms with Gasteiger partial charge in [0.2, 0.25) is 5.13 Å². The number of rotatable bonds is 5. The molecule has 25 heavy (non-hydrogen) atoms. The number of aromatic nitrogens is 2. The summed E-state index contributed by atoms with van der Waals surface area (Å²) in [5.74, 6) is -0.265. The van der Waals surface area contributed by atoms with Crippen LogP contribution in [0.5, 0.6) is 0 Å². The lowest BCUT2D eigenvalue weighted by atomic mass is 10.2. The van der Waals surface area contributed by atoms with Gasteiger partial charge in [0.15, 0.2) is 0 Å². The molecule has 2 N–H and O–H groups in total. The zero-order valence-corrected chi connectivity index (χ0v) is 14.8. The quantitative estimate of drug-likeness (QED) is 0.715. The summed E-state index contributed by atoms with van der Waals surface area (Å²) in [5, 5.41) is 11.1. The molecule has 0 saturated heterocycles. The fraction of sp³-hybridized carbons (Fsp3) is 0.0625. The molecule has 0 aliphatic carbocycles. The lowest BCUT2D eigenvalue weighted by Crippen LogP contribution is -2.14. The highest BCUT2D eigenvalue weighted by Crippen LogP contribution is 2.20. The van der Waals surface area contributed by atoms with Gasteiger partial charge < -0.3 is 5.32 Å². The molecule has 1 amide bonds. The van der Waals surface area contributed by atoms with E-state index in [0.717, 1.165) is 11.3 Å². The van der Waals surface area contributed by atoms with E-state index in [0.29, 0.717) is 16.3 Å². The second-order valence-electron chi connectivity index (χ2n) is 5.08. The highest BCUT2D eigenvalue weighted by atomic mass is 32.2. The summed E-state index contributed by atoms with van der Waals surface area (Å²) < 4.78 is 27.0. The van der Waals surface area contributed by atoms with Crippen molar-refractivity contribution < 1.29 is 13.2 Å². The Morgan fingerprint density at radius 3 is 2.28 bits per heavy atom. The van der Waals surface area contributed by atoms with Gasteiger partial charge in [-0.3, -0.25) is 9.52 Å². The Morgan fingerprint density at radius 1 is 1.00 bits per heavy atom. The number of hydrogen-bond acceptors (Lipinski definition) is 6. The second-order valence-corrected chi connectivity index (χ2v) is 7.94. The first kappa shape index (κ1) is 17.1. The predicted octanol–water partition coefficient (Wildman–Crippen LogP) is 2.90. The van der Waals surface area contributed by atoms with E-state index in [2.05, 4.69) is 20.2 Å². The molecule has 1 aromatic heterocycles. The molecule has 128 valence electrons. The van der Waals surface area contributed by atoms with Crippen molar-refractivity contribution in [2.24, 2.45) is 0 Å². The minimum atomic E-state index is -3.75. The van der Waals surface area contributed by atoms with E-state index in [4.69, 9.17) is 0 Å². The van der Waals surface area contributed by atoms with Crippen LogP contribution in [0.25, 0.3) is 0 Å². The molecule has 0 fully saturated rings. The first-order valence-corrected chi connectivity index (χ1v) is 9.53. The summed E-state index contributed by atoms with van der Waals surface area (Å²) in [6.45, 7) is 1.74. The van der Waals surface area contributed by atoms with Crippen LogP contribution in [0.15, 0.2) is 59.5 Å². The summed E-state index contributed by atoms with van der Waals surface area (Å²) in [6, 6.07) is 14.6. The van der Waals surface area contributed by atoms with Crippen LogP contribution in [-0.4, -0.2) is 24.5 Å². The number of anilines is 2. The van der Waals surface area contributed by atoms with Crippen molar-refractivity contribution in [2.75, 3.05) is 10.0 Å². The Kier molecular flexibility index (Phi) is 4.77. The fourth-order valence-corrected chi connectivity index (χ4v) is 3.84. The number of amides is 1. The number of nitrogens with zero attached hydrogens (tertiary/aromatic N) is 2. The van der Waals surface area contributed by atoms with E-state index in [1.807, 2.05) is 6.07 Å². The van der Waals surface area contributed by atoms with Gasteiger partial charge in [-0.25, -0.2) is 8.42 Å². The van der Waals surface area contributed by atoms with Gasteiger partial charge in [0.05, 0.1) is 4.90 Å². The molecule has 9 heteroatoms. The third-order valence-corrected chi connectivity index (χ3v) is 5.44. The number of hydrogen-bond donors (Lipinski definition) is 2. The fourth-order valence-electron chi connectivity index (χ4n) is 2.02. The molecule has 0 atom stereocenters. The Morgan fingerprint density at radius 2 is 1.68 bits per heavy atom. The molecule has 0 aliphatic rings. The van der Waals surface area contributed by atoms with E-state index in [1.165, 1.54) is 24.3 Å². The molecule has 0 bridgehead atoms. The van der Waals surface area contributed by atoms with Gasteiger partial charge in [-0.05, 0) is 43.3 Å². The van der Waals surface area contributed by atoms with Crippen LogP contribution in [-0.2, 0) is 10.0 Å². The van der Waals surface area contributed by atoms with Crippen molar-refractivity contribution in [1.29, 1.82) is 0 Å². The van der Waals surface area contributed by atoms with Crippen LogP contribution in [0.1, 0.15) is 15.4 Å². The van der Waals surface area contributed by atoms with Crippen molar-refractivity contribution in [3.05, 3.63) is 65.2 Å². The largest absolute Gasteiger partial charge is 0.322 e. The summed E-state index contributed by atoms with van der Waals surface area (Å²) in [4.78, 5) is 12.2. The van der Waals surface area contributed by atoms with E-state index in [9.17, 15) is 13.2 Å². The number of carbonyl (C=O) groups is 1. The Hall–Kier alpha value is -2.78. The molecule has 2 aromatic carbocycles. The van der Waals surface area contributed by atoms with Gasteiger partial charge in [0.1, 0.15) is 5.01 Å². The van der Waals surface area contributed by atoms with E-state index >= 15 is 0 Å². The van der Waals surface area contributed by atoms with Crippen LogP contribution < -0.4 is 10.0 Å². The molecule has 3 rings (SSSR count). The molecule has 0 spiro atoms. The number of benzene rings is 2. The first-order valence-electron chi connectivity index (χ1n) is 7.23. The maximum atomic E-state index is 12.3. The highest BCUT2D eigenvalue weighted by Gasteiger charge is 2.16. The third-order valence-electron chi connectivity index (χ3n) is 3.21. The number of nitrogens with one attached hydrogen (secondary N) is 2. The molecule has 1 heterocycles.